The SMILES string of the molecule is C=CC[C@@H](N)c1cc(F)cnc1Cl. The average Bonchev–Trinajstić information content (AvgIpc) is 2.09. The Hall–Kier alpha value is -0.930. The number of rotatable bonds is 3. The Labute approximate surface area is 81.2 Å². The molecule has 1 rings (SSSR count). The third-order valence-electron chi connectivity index (χ3n) is 1.65. The lowest BCUT2D eigenvalue weighted by molar-refractivity contribution is 0.612. The van der Waals surface area contributed by atoms with E-state index in [-0.39, 0.29) is 11.2 Å². The van der Waals surface area contributed by atoms with Crippen LogP contribution in [0.2, 0.25) is 5.15 Å². The molecule has 4 heteroatoms. The van der Waals surface area contributed by atoms with Crippen molar-refractivity contribution in [1.82, 2.24) is 4.98 Å². The van der Waals surface area contributed by atoms with Crippen LogP contribution < -0.4 is 5.73 Å². The van der Waals surface area contributed by atoms with E-state index >= 15 is 0 Å². The molecule has 0 bridgehead atoms. The predicted octanol–water partition coefficient (Wildman–Crippen LogP) is 2.45. The van der Waals surface area contributed by atoms with Crippen molar-refractivity contribution in [2.45, 2.75) is 12.5 Å². The fourth-order valence-corrected chi connectivity index (χ4v) is 1.25. The van der Waals surface area contributed by atoms with Gasteiger partial charge >= 0.3 is 0 Å². The van der Waals surface area contributed by atoms with Crippen molar-refractivity contribution in [1.29, 1.82) is 0 Å². The van der Waals surface area contributed by atoms with E-state index in [0.717, 1.165) is 6.20 Å². The van der Waals surface area contributed by atoms with E-state index in [1.54, 1.807) is 6.08 Å². The smallest absolute Gasteiger partial charge is 0.141 e. The van der Waals surface area contributed by atoms with Gasteiger partial charge < -0.3 is 5.73 Å². The largest absolute Gasteiger partial charge is 0.324 e. The number of hydrogen-bond donors (Lipinski definition) is 1. The summed E-state index contributed by atoms with van der Waals surface area (Å²) in [5.74, 6) is -0.432. The van der Waals surface area contributed by atoms with Gasteiger partial charge in [-0.25, -0.2) is 9.37 Å². The summed E-state index contributed by atoms with van der Waals surface area (Å²) in [6.45, 7) is 3.54. The van der Waals surface area contributed by atoms with Crippen LogP contribution in [0.25, 0.3) is 0 Å². The lowest BCUT2D eigenvalue weighted by Crippen LogP contribution is -2.10. The van der Waals surface area contributed by atoms with Gasteiger partial charge in [0.1, 0.15) is 11.0 Å². The van der Waals surface area contributed by atoms with Gasteiger partial charge in [0, 0.05) is 11.6 Å². The summed E-state index contributed by atoms with van der Waals surface area (Å²) >= 11 is 5.73. The number of pyridine rings is 1. The fraction of sp³-hybridized carbons (Fsp3) is 0.222. The second kappa shape index (κ2) is 4.35. The molecule has 0 radical (unpaired) electrons. The summed E-state index contributed by atoms with van der Waals surface area (Å²) in [5.41, 5.74) is 6.23. The molecule has 0 fully saturated rings. The molecule has 2 N–H and O–H groups in total. The standard InChI is InChI=1S/C9H10ClFN2/c1-2-3-8(12)7-4-6(11)5-13-9(7)10/h2,4-5,8H,1,3,12H2/t8-/m1/s1. The minimum absolute atomic E-state index is 0.246. The Bertz CT molecular complexity index is 314. The van der Waals surface area contributed by atoms with Gasteiger partial charge in [-0.2, -0.15) is 0 Å². The van der Waals surface area contributed by atoms with Crippen LogP contribution in [-0.4, -0.2) is 4.98 Å². The Morgan fingerprint density at radius 3 is 3.08 bits per heavy atom. The van der Waals surface area contributed by atoms with Crippen LogP contribution >= 0.6 is 11.6 Å². The highest BCUT2D eigenvalue weighted by atomic mass is 35.5. The highest BCUT2D eigenvalue weighted by Crippen LogP contribution is 2.22. The molecule has 0 spiro atoms. The number of halogens is 2. The molecular weight excluding hydrogens is 191 g/mol. The zero-order chi connectivity index (χ0) is 9.84. The second-order valence-corrected chi connectivity index (χ2v) is 3.02. The first-order chi connectivity index (χ1) is 6.15. The molecule has 70 valence electrons. The molecule has 0 saturated carbocycles. The van der Waals surface area contributed by atoms with E-state index in [0.29, 0.717) is 12.0 Å². The van der Waals surface area contributed by atoms with Crippen molar-refractivity contribution in [2.75, 3.05) is 0 Å². The maximum atomic E-state index is 12.7. The number of nitrogens with zero attached hydrogens (tertiary/aromatic N) is 1. The van der Waals surface area contributed by atoms with Crippen LogP contribution in [0.4, 0.5) is 4.39 Å². The molecule has 0 aliphatic heterocycles. The quantitative estimate of drug-likeness (QED) is 0.601. The second-order valence-electron chi connectivity index (χ2n) is 2.66. The molecule has 0 aliphatic rings. The van der Waals surface area contributed by atoms with E-state index in [2.05, 4.69) is 11.6 Å². The molecule has 0 aliphatic carbocycles. The van der Waals surface area contributed by atoms with E-state index in [4.69, 9.17) is 17.3 Å². The molecule has 1 aromatic heterocycles. The Morgan fingerprint density at radius 2 is 2.46 bits per heavy atom. The summed E-state index contributed by atoms with van der Waals surface area (Å²) in [4.78, 5) is 3.66. The minimum Gasteiger partial charge on any atom is -0.324 e. The third-order valence-corrected chi connectivity index (χ3v) is 1.97. The fourth-order valence-electron chi connectivity index (χ4n) is 1.00. The first-order valence-corrected chi connectivity index (χ1v) is 4.20. The monoisotopic (exact) mass is 200 g/mol. The molecule has 1 atom stereocenters. The van der Waals surface area contributed by atoms with Crippen molar-refractivity contribution >= 4 is 11.6 Å². The summed E-state index contributed by atoms with van der Waals surface area (Å²) in [5, 5.41) is 0.246. The van der Waals surface area contributed by atoms with Crippen molar-refractivity contribution in [3.63, 3.8) is 0 Å². The molecule has 1 heterocycles. The van der Waals surface area contributed by atoms with Gasteiger partial charge in [0.15, 0.2) is 0 Å². The van der Waals surface area contributed by atoms with Gasteiger partial charge in [-0.1, -0.05) is 17.7 Å². The Kier molecular flexibility index (Phi) is 3.39. The van der Waals surface area contributed by atoms with Gasteiger partial charge in [-0.05, 0) is 12.5 Å². The van der Waals surface area contributed by atoms with Gasteiger partial charge in [0.2, 0.25) is 0 Å². The van der Waals surface area contributed by atoms with E-state index in [1.165, 1.54) is 6.07 Å². The molecule has 0 aromatic carbocycles. The zero-order valence-corrected chi connectivity index (χ0v) is 7.76. The van der Waals surface area contributed by atoms with Gasteiger partial charge in [0.05, 0.1) is 6.20 Å². The molecule has 1 aromatic rings. The van der Waals surface area contributed by atoms with Crippen LogP contribution in [0.15, 0.2) is 24.9 Å². The maximum Gasteiger partial charge on any atom is 0.141 e. The highest BCUT2D eigenvalue weighted by Gasteiger charge is 2.10. The molecule has 0 amide bonds. The molecule has 0 unspecified atom stereocenters. The summed E-state index contributed by atoms with van der Waals surface area (Å²) < 4.78 is 12.7. The van der Waals surface area contributed by atoms with Gasteiger partial charge in [-0.15, -0.1) is 6.58 Å². The van der Waals surface area contributed by atoms with Gasteiger partial charge in [-0.3, -0.25) is 0 Å². The molecule has 2 nitrogen and oxygen atoms in total. The lowest BCUT2D eigenvalue weighted by atomic mass is 10.1. The minimum atomic E-state index is -0.432. The highest BCUT2D eigenvalue weighted by molar-refractivity contribution is 6.30. The summed E-state index contributed by atoms with van der Waals surface area (Å²) in [7, 11) is 0. The third kappa shape index (κ3) is 2.50. The number of hydrogen-bond acceptors (Lipinski definition) is 2. The van der Waals surface area contributed by atoms with Crippen LogP contribution in [0.3, 0.4) is 0 Å². The summed E-state index contributed by atoms with van der Waals surface area (Å²) in [6.07, 6.45) is 3.27. The first kappa shape index (κ1) is 10.2. The lowest BCUT2D eigenvalue weighted by Gasteiger charge is -2.10. The normalized spacial score (nSPS) is 12.5. The van der Waals surface area contributed by atoms with E-state index in [9.17, 15) is 4.39 Å². The van der Waals surface area contributed by atoms with Crippen LogP contribution in [0, 0.1) is 5.82 Å². The van der Waals surface area contributed by atoms with Crippen molar-refractivity contribution in [3.8, 4) is 0 Å². The van der Waals surface area contributed by atoms with Crippen molar-refractivity contribution < 1.29 is 4.39 Å². The van der Waals surface area contributed by atoms with Crippen LogP contribution in [0.1, 0.15) is 18.0 Å². The van der Waals surface area contributed by atoms with Crippen LogP contribution in [0.5, 0.6) is 0 Å². The predicted molar refractivity (Wildman–Crippen MR) is 50.9 cm³/mol. The van der Waals surface area contributed by atoms with E-state index < -0.39 is 5.82 Å². The zero-order valence-electron chi connectivity index (χ0n) is 7.00. The number of nitrogens with two attached hydrogens (primary N) is 1. The average molecular weight is 201 g/mol. The molecular formula is C9H10ClFN2. The topological polar surface area (TPSA) is 38.9 Å². The van der Waals surface area contributed by atoms with Gasteiger partial charge in [0.25, 0.3) is 0 Å². The molecule has 13 heavy (non-hydrogen) atoms. The van der Waals surface area contributed by atoms with Crippen molar-refractivity contribution in [2.24, 2.45) is 5.73 Å². The summed E-state index contributed by atoms with van der Waals surface area (Å²) in [6, 6.07) is 0.956. The Balaban J connectivity index is 2.97. The van der Waals surface area contributed by atoms with Crippen molar-refractivity contribution in [3.05, 3.63) is 41.5 Å². The maximum absolute atomic E-state index is 12.7. The first-order valence-electron chi connectivity index (χ1n) is 3.82. The van der Waals surface area contributed by atoms with E-state index in [1.807, 2.05) is 0 Å². The molecule has 0 saturated heterocycles. The Morgan fingerprint density at radius 1 is 1.77 bits per heavy atom. The van der Waals surface area contributed by atoms with Crippen LogP contribution in [-0.2, 0) is 0 Å². The number of aromatic nitrogens is 1.